The summed E-state index contributed by atoms with van der Waals surface area (Å²) in [5.41, 5.74) is 3.78. The number of methoxy groups -OCH3 is 1. The Morgan fingerprint density at radius 2 is 1.89 bits per heavy atom. The second-order valence-corrected chi connectivity index (χ2v) is 8.65. The van der Waals surface area contributed by atoms with Gasteiger partial charge in [-0.3, -0.25) is 15.0 Å². The quantitative estimate of drug-likeness (QED) is 0.282. The second-order valence-electron chi connectivity index (χ2n) is 8.65. The molecule has 36 heavy (non-hydrogen) atoms. The van der Waals surface area contributed by atoms with Gasteiger partial charge in [-0.05, 0) is 32.0 Å². The summed E-state index contributed by atoms with van der Waals surface area (Å²) in [6.07, 6.45) is 0. The molecule has 0 amide bonds. The fraction of sp³-hybridized carbons (Fsp3) is 0.269. The molecule has 2 heterocycles. The Balaban J connectivity index is 1.70. The van der Waals surface area contributed by atoms with E-state index in [0.29, 0.717) is 47.0 Å². The second kappa shape index (κ2) is 10.5. The molecule has 1 aromatic heterocycles. The average Bonchev–Trinajstić information content (AvgIpc) is 3.31. The number of nitrogens with one attached hydrogen (secondary N) is 1. The summed E-state index contributed by atoms with van der Waals surface area (Å²) in [4.78, 5) is 30.5. The number of non-ortho nitro benzene ring substituents is 1. The van der Waals surface area contributed by atoms with Gasteiger partial charge in [0.05, 0.1) is 30.1 Å². The molecule has 0 bridgehead atoms. The number of carbonyl (C=O) groups excluding carboxylic acids is 1. The molecule has 2 aromatic carbocycles. The molecule has 0 aliphatic carbocycles. The van der Waals surface area contributed by atoms with Gasteiger partial charge in [-0.25, -0.2) is 4.79 Å². The molecule has 3 aromatic rings. The number of nitro groups is 1. The molecule has 0 saturated carbocycles. The zero-order valence-electron chi connectivity index (χ0n) is 20.5. The normalized spacial score (nSPS) is 15.8. The number of hydrogen-bond donors (Lipinski definition) is 1. The van der Waals surface area contributed by atoms with Crippen LogP contribution < -0.4 is 5.32 Å². The first-order chi connectivity index (χ1) is 17.3. The molecule has 1 aliphatic rings. The molecule has 186 valence electrons. The smallest absolute Gasteiger partial charge is 0.336 e. The van der Waals surface area contributed by atoms with E-state index in [0.717, 1.165) is 5.56 Å². The minimum absolute atomic E-state index is 0.0846. The van der Waals surface area contributed by atoms with E-state index in [1.165, 1.54) is 19.2 Å². The maximum absolute atomic E-state index is 12.8. The van der Waals surface area contributed by atoms with Gasteiger partial charge in [-0.1, -0.05) is 47.6 Å². The van der Waals surface area contributed by atoms with Gasteiger partial charge in [-0.2, -0.15) is 4.98 Å². The highest BCUT2D eigenvalue weighted by Gasteiger charge is 2.37. The van der Waals surface area contributed by atoms with Crippen LogP contribution in [0.4, 0.5) is 5.69 Å². The SMILES string of the molecule is COC(=O)C1=C(C)NC(C)=C(c2nc(CN(C)Cc3ccccc3)no2)[C@@H]1c1cccc([N+](=O)[O-])c1. The Kier molecular flexibility index (Phi) is 7.25. The zero-order chi connectivity index (χ0) is 25.8. The van der Waals surface area contributed by atoms with E-state index >= 15 is 0 Å². The third kappa shape index (κ3) is 5.18. The molecule has 4 rings (SSSR count). The van der Waals surface area contributed by atoms with Crippen LogP contribution in [-0.2, 0) is 22.6 Å². The number of benzene rings is 2. The Bertz CT molecular complexity index is 1350. The van der Waals surface area contributed by atoms with Crippen molar-refractivity contribution < 1.29 is 19.0 Å². The first-order valence-electron chi connectivity index (χ1n) is 11.3. The predicted molar refractivity (Wildman–Crippen MR) is 132 cm³/mol. The minimum Gasteiger partial charge on any atom is -0.466 e. The molecule has 0 saturated heterocycles. The summed E-state index contributed by atoms with van der Waals surface area (Å²) in [5.74, 6) is -0.543. The first-order valence-corrected chi connectivity index (χ1v) is 11.3. The standard InChI is InChI=1S/C26H27N5O5/c1-16-22(25-28-21(29-36-25)15-30(3)14-18-9-6-5-7-10-18)24(23(17(2)27-16)26(32)35-4)19-11-8-12-20(13-19)31(33)34/h5-13,24,27H,14-15H2,1-4H3/t24-/m0/s1. The molecular weight excluding hydrogens is 462 g/mol. The van der Waals surface area contributed by atoms with Crippen molar-refractivity contribution in [2.24, 2.45) is 0 Å². The molecule has 1 N–H and O–H groups in total. The molecular formula is C26H27N5O5. The Morgan fingerprint density at radius 3 is 2.58 bits per heavy atom. The van der Waals surface area contributed by atoms with Crippen molar-refractivity contribution in [3.8, 4) is 0 Å². The first kappa shape index (κ1) is 24.8. The fourth-order valence-corrected chi connectivity index (χ4v) is 4.43. The van der Waals surface area contributed by atoms with E-state index in [-0.39, 0.29) is 11.6 Å². The summed E-state index contributed by atoms with van der Waals surface area (Å²) in [6.45, 7) is 4.74. The van der Waals surface area contributed by atoms with Crippen molar-refractivity contribution in [3.05, 3.63) is 105 Å². The number of allylic oxidation sites excluding steroid dienone is 3. The van der Waals surface area contributed by atoms with Gasteiger partial charge in [0.2, 0.25) is 0 Å². The summed E-state index contributed by atoms with van der Waals surface area (Å²) >= 11 is 0. The fourth-order valence-electron chi connectivity index (χ4n) is 4.43. The lowest BCUT2D eigenvalue weighted by atomic mass is 9.80. The number of ether oxygens (including phenoxy) is 1. The van der Waals surface area contributed by atoms with Gasteiger partial charge in [0, 0.05) is 35.6 Å². The molecule has 10 nitrogen and oxygen atoms in total. The third-order valence-corrected chi connectivity index (χ3v) is 5.99. The maximum Gasteiger partial charge on any atom is 0.336 e. The zero-order valence-corrected chi connectivity index (χ0v) is 20.5. The maximum atomic E-state index is 12.8. The van der Waals surface area contributed by atoms with Crippen LogP contribution in [0.2, 0.25) is 0 Å². The molecule has 0 radical (unpaired) electrons. The summed E-state index contributed by atoms with van der Waals surface area (Å²) in [7, 11) is 3.26. The van der Waals surface area contributed by atoms with E-state index in [2.05, 4.69) is 20.4 Å². The van der Waals surface area contributed by atoms with Gasteiger partial charge in [0.25, 0.3) is 11.6 Å². The lowest BCUT2D eigenvalue weighted by molar-refractivity contribution is -0.384. The molecule has 0 fully saturated rings. The highest BCUT2D eigenvalue weighted by atomic mass is 16.6. The number of esters is 1. The summed E-state index contributed by atoms with van der Waals surface area (Å²) < 4.78 is 10.7. The van der Waals surface area contributed by atoms with Gasteiger partial charge in [-0.15, -0.1) is 0 Å². The molecule has 0 unspecified atom stereocenters. The highest BCUT2D eigenvalue weighted by Crippen LogP contribution is 2.43. The van der Waals surface area contributed by atoms with Crippen LogP contribution in [0.15, 0.2) is 76.1 Å². The molecule has 1 aliphatic heterocycles. The minimum atomic E-state index is -0.700. The highest BCUT2D eigenvalue weighted by molar-refractivity contribution is 5.96. The van der Waals surface area contributed by atoms with E-state index in [9.17, 15) is 14.9 Å². The lowest BCUT2D eigenvalue weighted by Crippen LogP contribution is -2.28. The Labute approximate surface area is 208 Å². The van der Waals surface area contributed by atoms with Crippen LogP contribution in [0, 0.1) is 10.1 Å². The van der Waals surface area contributed by atoms with Crippen molar-refractivity contribution in [3.63, 3.8) is 0 Å². The van der Waals surface area contributed by atoms with Crippen LogP contribution in [-0.4, -0.2) is 40.1 Å². The van der Waals surface area contributed by atoms with Crippen molar-refractivity contribution in [1.29, 1.82) is 0 Å². The lowest BCUT2D eigenvalue weighted by Gasteiger charge is -2.29. The predicted octanol–water partition coefficient (Wildman–Crippen LogP) is 4.17. The van der Waals surface area contributed by atoms with Crippen LogP contribution in [0.3, 0.4) is 0 Å². The van der Waals surface area contributed by atoms with E-state index < -0.39 is 16.8 Å². The average molecular weight is 490 g/mol. The van der Waals surface area contributed by atoms with Crippen LogP contribution in [0.25, 0.3) is 5.57 Å². The van der Waals surface area contributed by atoms with E-state index in [1.54, 1.807) is 19.1 Å². The number of hydrogen-bond acceptors (Lipinski definition) is 9. The topological polar surface area (TPSA) is 124 Å². The number of carbonyl (C=O) groups is 1. The van der Waals surface area contributed by atoms with Gasteiger partial charge < -0.3 is 14.6 Å². The van der Waals surface area contributed by atoms with Gasteiger partial charge in [0.15, 0.2) is 5.82 Å². The summed E-state index contributed by atoms with van der Waals surface area (Å²) in [5, 5.41) is 18.8. The van der Waals surface area contributed by atoms with Crippen LogP contribution >= 0.6 is 0 Å². The molecule has 1 atom stereocenters. The van der Waals surface area contributed by atoms with Crippen molar-refractivity contribution in [2.45, 2.75) is 32.9 Å². The number of nitrogens with zero attached hydrogens (tertiary/aromatic N) is 4. The van der Waals surface area contributed by atoms with Gasteiger partial charge >= 0.3 is 5.97 Å². The largest absolute Gasteiger partial charge is 0.466 e. The monoisotopic (exact) mass is 489 g/mol. The van der Waals surface area contributed by atoms with Crippen molar-refractivity contribution in [1.82, 2.24) is 20.4 Å². The number of aromatic nitrogens is 2. The number of rotatable bonds is 8. The van der Waals surface area contributed by atoms with Crippen LogP contribution in [0.5, 0.6) is 0 Å². The molecule has 10 heteroatoms. The van der Waals surface area contributed by atoms with Gasteiger partial charge in [0.1, 0.15) is 0 Å². The summed E-state index contributed by atoms with van der Waals surface area (Å²) in [6, 6.07) is 16.2. The van der Waals surface area contributed by atoms with Crippen LogP contribution in [0.1, 0.15) is 42.6 Å². The van der Waals surface area contributed by atoms with Crippen molar-refractivity contribution in [2.75, 3.05) is 14.2 Å². The third-order valence-electron chi connectivity index (χ3n) is 5.99. The van der Waals surface area contributed by atoms with E-state index in [1.807, 2.05) is 44.3 Å². The number of nitro benzene ring substituents is 1. The Hall–Kier alpha value is -4.31. The Morgan fingerprint density at radius 1 is 1.14 bits per heavy atom. The van der Waals surface area contributed by atoms with E-state index in [4.69, 9.17) is 9.26 Å². The number of dihydropyridines is 1. The van der Waals surface area contributed by atoms with Crippen molar-refractivity contribution >= 4 is 17.2 Å². The molecule has 0 spiro atoms.